The third kappa shape index (κ3) is 4.89. The van der Waals surface area contributed by atoms with Crippen molar-refractivity contribution in [3.05, 3.63) is 108 Å². The van der Waals surface area contributed by atoms with Crippen LogP contribution in [0, 0.1) is 13.8 Å². The maximum absolute atomic E-state index is 11.5. The van der Waals surface area contributed by atoms with Crippen LogP contribution in [0.4, 0.5) is 17.1 Å². The summed E-state index contributed by atoms with van der Waals surface area (Å²) in [5.41, 5.74) is 7.98. The Morgan fingerprint density at radius 3 is 1.66 bits per heavy atom. The lowest BCUT2D eigenvalue weighted by atomic mass is 10.0. The minimum absolute atomic E-state index is 0.227. The predicted molar refractivity (Wildman–Crippen MR) is 132 cm³/mol. The highest BCUT2D eigenvalue weighted by Gasteiger charge is 2.13. The first-order valence-corrected chi connectivity index (χ1v) is 10.9. The summed E-state index contributed by atoms with van der Waals surface area (Å²) in [7, 11) is 0. The number of anilines is 3. The summed E-state index contributed by atoms with van der Waals surface area (Å²) in [6.07, 6.45) is 0.363. The Morgan fingerprint density at radius 1 is 0.688 bits per heavy atom. The molecule has 0 unspecified atom stereocenters. The van der Waals surface area contributed by atoms with Crippen LogP contribution in [0.3, 0.4) is 0 Å². The summed E-state index contributed by atoms with van der Waals surface area (Å²) in [5, 5.41) is 0. The molecule has 160 valence electrons. The molecule has 0 radical (unpaired) electrons. The maximum atomic E-state index is 11.5. The lowest BCUT2D eigenvalue weighted by Crippen LogP contribution is -2.10. The van der Waals surface area contributed by atoms with Gasteiger partial charge in [0, 0.05) is 23.5 Å². The molecule has 0 amide bonds. The fourth-order valence-corrected chi connectivity index (χ4v) is 3.70. The molecule has 0 aliphatic heterocycles. The van der Waals surface area contributed by atoms with E-state index in [4.69, 9.17) is 4.74 Å². The highest BCUT2D eigenvalue weighted by atomic mass is 16.5. The Hall–Kier alpha value is -3.85. The molecule has 4 aromatic carbocycles. The van der Waals surface area contributed by atoms with Crippen molar-refractivity contribution in [2.24, 2.45) is 0 Å². The van der Waals surface area contributed by atoms with Gasteiger partial charge in [0.2, 0.25) is 0 Å². The van der Waals surface area contributed by atoms with Gasteiger partial charge in [-0.3, -0.25) is 4.79 Å². The van der Waals surface area contributed by atoms with Gasteiger partial charge < -0.3 is 9.64 Å². The largest absolute Gasteiger partial charge is 0.427 e. The summed E-state index contributed by atoms with van der Waals surface area (Å²) in [6.45, 7) is 6.01. The first-order chi connectivity index (χ1) is 15.5. The molecule has 0 aliphatic carbocycles. The minimum atomic E-state index is -0.227. The molecule has 0 spiro atoms. The van der Waals surface area contributed by atoms with Crippen LogP contribution in [0.2, 0.25) is 0 Å². The average molecular weight is 422 g/mol. The van der Waals surface area contributed by atoms with Crippen molar-refractivity contribution >= 4 is 23.0 Å². The van der Waals surface area contributed by atoms with Crippen LogP contribution < -0.4 is 9.64 Å². The molecule has 0 N–H and O–H groups in total. The zero-order chi connectivity index (χ0) is 22.5. The monoisotopic (exact) mass is 421 g/mol. The van der Waals surface area contributed by atoms with Gasteiger partial charge in [0.25, 0.3) is 0 Å². The molecule has 0 saturated heterocycles. The van der Waals surface area contributed by atoms with E-state index in [2.05, 4.69) is 91.5 Å². The van der Waals surface area contributed by atoms with Crippen LogP contribution in [0.1, 0.15) is 24.5 Å². The Kier molecular flexibility index (Phi) is 6.37. The highest BCUT2D eigenvalue weighted by Crippen LogP contribution is 2.36. The summed E-state index contributed by atoms with van der Waals surface area (Å²) in [5.74, 6) is 0.344. The predicted octanol–water partition coefficient (Wildman–Crippen LogP) is 7.76. The second-order valence-electron chi connectivity index (χ2n) is 7.91. The van der Waals surface area contributed by atoms with Gasteiger partial charge in [0.1, 0.15) is 5.75 Å². The Morgan fingerprint density at radius 2 is 1.19 bits per heavy atom. The second-order valence-corrected chi connectivity index (χ2v) is 7.91. The highest BCUT2D eigenvalue weighted by molar-refractivity contribution is 5.79. The summed E-state index contributed by atoms with van der Waals surface area (Å²) in [6, 6.07) is 33.3. The summed E-state index contributed by atoms with van der Waals surface area (Å²) >= 11 is 0. The number of nitrogens with zero attached hydrogens (tertiary/aromatic N) is 1. The van der Waals surface area contributed by atoms with Gasteiger partial charge >= 0.3 is 5.97 Å². The zero-order valence-electron chi connectivity index (χ0n) is 18.7. The SMILES string of the molecule is CCC(=O)Oc1ccc(-c2ccc(N(c3cccc(C)c3)c3cccc(C)c3)cc2)cc1. The maximum Gasteiger partial charge on any atom is 0.310 e. The van der Waals surface area contributed by atoms with Gasteiger partial charge in [-0.2, -0.15) is 0 Å². The van der Waals surface area contributed by atoms with E-state index in [9.17, 15) is 4.79 Å². The fourth-order valence-electron chi connectivity index (χ4n) is 3.70. The van der Waals surface area contributed by atoms with E-state index in [1.807, 2.05) is 24.3 Å². The molecule has 0 saturated carbocycles. The van der Waals surface area contributed by atoms with E-state index in [1.165, 1.54) is 11.1 Å². The normalized spacial score (nSPS) is 10.6. The van der Waals surface area contributed by atoms with Crippen LogP contribution in [0.5, 0.6) is 5.75 Å². The van der Waals surface area contributed by atoms with Crippen molar-refractivity contribution < 1.29 is 9.53 Å². The van der Waals surface area contributed by atoms with Crippen molar-refractivity contribution in [1.82, 2.24) is 0 Å². The van der Waals surface area contributed by atoms with Crippen LogP contribution >= 0.6 is 0 Å². The number of ether oxygens (including phenoxy) is 1. The Balaban J connectivity index is 1.66. The van der Waals surface area contributed by atoms with Gasteiger partial charge in [0.05, 0.1) is 0 Å². The van der Waals surface area contributed by atoms with E-state index in [-0.39, 0.29) is 5.97 Å². The lowest BCUT2D eigenvalue weighted by molar-refractivity contribution is -0.134. The van der Waals surface area contributed by atoms with Gasteiger partial charge in [-0.1, -0.05) is 55.5 Å². The van der Waals surface area contributed by atoms with E-state index in [1.54, 1.807) is 6.92 Å². The number of aryl methyl sites for hydroxylation is 2. The molecule has 0 aromatic heterocycles. The van der Waals surface area contributed by atoms with Crippen LogP contribution in [0.25, 0.3) is 11.1 Å². The molecular formula is C29H27NO2. The second kappa shape index (κ2) is 9.52. The van der Waals surface area contributed by atoms with Gasteiger partial charge in [-0.05, 0) is 84.6 Å². The molecule has 0 bridgehead atoms. The van der Waals surface area contributed by atoms with E-state index >= 15 is 0 Å². The third-order valence-electron chi connectivity index (χ3n) is 5.35. The summed E-state index contributed by atoms with van der Waals surface area (Å²) in [4.78, 5) is 13.8. The molecule has 0 heterocycles. The van der Waals surface area contributed by atoms with E-state index < -0.39 is 0 Å². The van der Waals surface area contributed by atoms with E-state index in [0.717, 1.165) is 28.2 Å². The first-order valence-electron chi connectivity index (χ1n) is 10.9. The number of benzene rings is 4. The Bertz CT molecular complexity index is 1170. The number of rotatable bonds is 6. The number of hydrogen-bond donors (Lipinski definition) is 0. The molecule has 0 atom stereocenters. The first kappa shape index (κ1) is 21.4. The number of carbonyl (C=O) groups excluding carboxylic acids is 1. The average Bonchev–Trinajstić information content (AvgIpc) is 2.80. The standard InChI is InChI=1S/C29H27NO2/c1-4-29(31)32-28-17-13-24(14-18-28)23-11-15-25(16-12-23)30(26-9-5-7-21(2)19-26)27-10-6-8-22(3)20-27/h5-20H,4H2,1-3H3. The lowest BCUT2D eigenvalue weighted by Gasteiger charge is -2.26. The van der Waals surface area contributed by atoms with Crippen molar-refractivity contribution in [2.75, 3.05) is 4.90 Å². The number of carbonyl (C=O) groups is 1. The van der Waals surface area contributed by atoms with Crippen molar-refractivity contribution in [3.8, 4) is 16.9 Å². The molecule has 3 nitrogen and oxygen atoms in total. The Labute approximate surface area is 189 Å². The van der Waals surface area contributed by atoms with Crippen molar-refractivity contribution in [1.29, 1.82) is 0 Å². The molecule has 32 heavy (non-hydrogen) atoms. The van der Waals surface area contributed by atoms with Crippen LogP contribution in [0.15, 0.2) is 97.1 Å². The van der Waals surface area contributed by atoms with Crippen molar-refractivity contribution in [3.63, 3.8) is 0 Å². The molecule has 0 fully saturated rings. The minimum Gasteiger partial charge on any atom is -0.427 e. The van der Waals surface area contributed by atoms with Crippen molar-refractivity contribution in [2.45, 2.75) is 27.2 Å². The quantitative estimate of drug-likeness (QED) is 0.235. The number of esters is 1. The third-order valence-corrected chi connectivity index (χ3v) is 5.35. The molecule has 4 rings (SSSR count). The van der Waals surface area contributed by atoms with E-state index in [0.29, 0.717) is 12.2 Å². The molecule has 4 aromatic rings. The molecular weight excluding hydrogens is 394 g/mol. The number of hydrogen-bond acceptors (Lipinski definition) is 3. The van der Waals surface area contributed by atoms with Gasteiger partial charge in [-0.25, -0.2) is 0 Å². The van der Waals surface area contributed by atoms with Gasteiger partial charge in [0.15, 0.2) is 0 Å². The fraction of sp³-hybridized carbons (Fsp3) is 0.138. The molecule has 3 heteroatoms. The van der Waals surface area contributed by atoms with Crippen LogP contribution in [-0.2, 0) is 4.79 Å². The topological polar surface area (TPSA) is 29.5 Å². The smallest absolute Gasteiger partial charge is 0.310 e. The van der Waals surface area contributed by atoms with Gasteiger partial charge in [-0.15, -0.1) is 0 Å². The molecule has 0 aliphatic rings. The van der Waals surface area contributed by atoms with Crippen LogP contribution in [-0.4, -0.2) is 5.97 Å². The zero-order valence-corrected chi connectivity index (χ0v) is 18.7. The summed E-state index contributed by atoms with van der Waals surface area (Å²) < 4.78 is 5.28.